The number of likely N-dealkylation sites (tertiary alicyclic amines) is 1. The average molecular weight is 317 g/mol. The second kappa shape index (κ2) is 5.54. The molecule has 110 valence electrons. The molecule has 3 nitrogen and oxygen atoms in total. The number of aromatic nitrogens is 1. The van der Waals surface area contributed by atoms with Gasteiger partial charge in [-0.3, -0.25) is 0 Å². The van der Waals surface area contributed by atoms with Crippen LogP contribution in [0, 0.1) is 0 Å². The van der Waals surface area contributed by atoms with Crippen molar-refractivity contribution in [3.63, 3.8) is 0 Å². The van der Waals surface area contributed by atoms with E-state index in [2.05, 4.69) is 34.5 Å². The van der Waals surface area contributed by atoms with E-state index in [0.717, 1.165) is 23.6 Å². The first-order chi connectivity index (χ1) is 10.3. The number of fused-ring (bicyclic) bond motifs is 1. The molecule has 4 rings (SSSR count). The lowest BCUT2D eigenvalue weighted by molar-refractivity contribution is 0.242. The first kappa shape index (κ1) is 13.5. The van der Waals surface area contributed by atoms with E-state index in [1.165, 1.54) is 35.4 Å². The molecule has 1 saturated carbocycles. The van der Waals surface area contributed by atoms with Gasteiger partial charge in [0.1, 0.15) is 5.01 Å². The fourth-order valence-electron chi connectivity index (χ4n) is 2.95. The van der Waals surface area contributed by atoms with Crippen LogP contribution in [0.2, 0.25) is 0 Å². The quantitative estimate of drug-likeness (QED) is 0.851. The highest BCUT2D eigenvalue weighted by atomic mass is 32.1. The molecule has 2 heterocycles. The molecular weight excluding hydrogens is 298 g/mol. The fourth-order valence-corrected chi connectivity index (χ4v) is 4.45. The Labute approximate surface area is 134 Å². The second-order valence-electron chi connectivity index (χ2n) is 5.95. The minimum Gasteiger partial charge on any atom is -0.360 e. The van der Waals surface area contributed by atoms with Crippen LogP contribution in [-0.4, -0.2) is 27.6 Å². The molecule has 1 saturated heterocycles. The van der Waals surface area contributed by atoms with Crippen LogP contribution in [-0.2, 0) is 0 Å². The van der Waals surface area contributed by atoms with E-state index in [0.29, 0.717) is 12.1 Å². The molecular formula is C16H19N3S2. The van der Waals surface area contributed by atoms with Crippen molar-refractivity contribution in [2.75, 3.05) is 6.54 Å². The predicted molar refractivity (Wildman–Crippen MR) is 91.7 cm³/mol. The molecule has 0 radical (unpaired) electrons. The van der Waals surface area contributed by atoms with E-state index in [4.69, 9.17) is 17.2 Å². The fraction of sp³-hybridized carbons (Fsp3) is 0.500. The highest BCUT2D eigenvalue weighted by Crippen LogP contribution is 2.36. The third-order valence-corrected chi connectivity index (χ3v) is 5.75. The van der Waals surface area contributed by atoms with E-state index in [1.807, 2.05) is 11.3 Å². The maximum absolute atomic E-state index is 5.64. The smallest absolute Gasteiger partial charge is 0.169 e. The highest BCUT2D eigenvalue weighted by molar-refractivity contribution is 7.80. The van der Waals surface area contributed by atoms with E-state index >= 15 is 0 Å². The lowest BCUT2D eigenvalue weighted by atomic mass is 10.0. The molecule has 5 heteroatoms. The molecule has 0 amide bonds. The van der Waals surface area contributed by atoms with Gasteiger partial charge in [-0.05, 0) is 56.5 Å². The maximum Gasteiger partial charge on any atom is 0.169 e. The minimum absolute atomic E-state index is 0.356. The Morgan fingerprint density at radius 3 is 2.90 bits per heavy atom. The summed E-state index contributed by atoms with van der Waals surface area (Å²) in [6.07, 6.45) is 6.18. The molecule has 1 aromatic carbocycles. The van der Waals surface area contributed by atoms with Crippen molar-refractivity contribution in [1.29, 1.82) is 0 Å². The SMILES string of the molecule is S=C(NC1CC1)N1CCCC[C@H]1c1nc2ccccc2s1. The highest BCUT2D eigenvalue weighted by Gasteiger charge is 2.31. The standard InChI is InChI=1S/C16H19N3S2/c20-16(17-11-8-9-11)19-10-4-3-6-13(19)15-18-12-5-1-2-7-14(12)21-15/h1-2,5,7,11,13H,3-4,6,8-10H2,(H,17,20)/t13-/m0/s1. The molecule has 1 atom stereocenters. The molecule has 1 aliphatic heterocycles. The summed E-state index contributed by atoms with van der Waals surface area (Å²) < 4.78 is 1.28. The number of nitrogens with one attached hydrogen (secondary N) is 1. The van der Waals surface area contributed by atoms with E-state index in [-0.39, 0.29) is 0 Å². The van der Waals surface area contributed by atoms with Crippen molar-refractivity contribution in [2.24, 2.45) is 0 Å². The van der Waals surface area contributed by atoms with Crippen molar-refractivity contribution < 1.29 is 0 Å². The van der Waals surface area contributed by atoms with Crippen LogP contribution in [0.1, 0.15) is 43.2 Å². The molecule has 0 unspecified atom stereocenters. The number of nitrogens with zero attached hydrogens (tertiary/aromatic N) is 2. The molecule has 21 heavy (non-hydrogen) atoms. The molecule has 0 spiro atoms. The Morgan fingerprint density at radius 1 is 1.24 bits per heavy atom. The van der Waals surface area contributed by atoms with Gasteiger partial charge in [-0.1, -0.05) is 12.1 Å². The Hall–Kier alpha value is -1.20. The number of para-hydroxylation sites is 1. The number of benzene rings is 1. The minimum atomic E-state index is 0.356. The summed E-state index contributed by atoms with van der Waals surface area (Å²) in [5.74, 6) is 0. The number of piperidine rings is 1. The molecule has 2 aromatic rings. The van der Waals surface area contributed by atoms with Gasteiger partial charge < -0.3 is 10.2 Å². The number of thiocarbonyl (C=S) groups is 1. The van der Waals surface area contributed by atoms with Crippen LogP contribution in [0.15, 0.2) is 24.3 Å². The summed E-state index contributed by atoms with van der Waals surface area (Å²) in [4.78, 5) is 7.22. The second-order valence-corrected chi connectivity index (χ2v) is 7.40. The van der Waals surface area contributed by atoms with E-state index in [9.17, 15) is 0 Å². The largest absolute Gasteiger partial charge is 0.360 e. The Bertz CT molecular complexity index is 629. The van der Waals surface area contributed by atoms with Gasteiger partial charge in [0.25, 0.3) is 0 Å². The molecule has 2 fully saturated rings. The Balaban J connectivity index is 1.61. The van der Waals surface area contributed by atoms with E-state index in [1.54, 1.807) is 0 Å². The van der Waals surface area contributed by atoms with Crippen LogP contribution in [0.4, 0.5) is 0 Å². The topological polar surface area (TPSA) is 28.2 Å². The summed E-state index contributed by atoms with van der Waals surface area (Å²) >= 11 is 7.46. The molecule has 1 aromatic heterocycles. The third-order valence-electron chi connectivity index (χ3n) is 4.26. The predicted octanol–water partition coefficient (Wildman–Crippen LogP) is 3.86. The molecule has 1 aliphatic carbocycles. The van der Waals surface area contributed by atoms with E-state index < -0.39 is 0 Å². The summed E-state index contributed by atoms with van der Waals surface area (Å²) in [6.45, 7) is 1.05. The summed E-state index contributed by atoms with van der Waals surface area (Å²) in [5, 5.41) is 5.64. The van der Waals surface area contributed by atoms with Gasteiger partial charge in [0.05, 0.1) is 16.3 Å². The maximum atomic E-state index is 5.64. The lowest BCUT2D eigenvalue weighted by Gasteiger charge is -2.36. The van der Waals surface area contributed by atoms with Crippen molar-refractivity contribution in [1.82, 2.24) is 15.2 Å². The number of hydrogen-bond acceptors (Lipinski definition) is 3. The monoisotopic (exact) mass is 317 g/mol. The number of thiazole rings is 1. The average Bonchev–Trinajstić information content (AvgIpc) is 3.22. The first-order valence-corrected chi connectivity index (χ1v) is 8.96. The summed E-state index contributed by atoms with van der Waals surface area (Å²) in [7, 11) is 0. The van der Waals surface area contributed by atoms with Crippen LogP contribution in [0.25, 0.3) is 10.2 Å². The van der Waals surface area contributed by atoms with Gasteiger partial charge >= 0.3 is 0 Å². The van der Waals surface area contributed by atoms with Gasteiger partial charge in [0.15, 0.2) is 5.11 Å². The van der Waals surface area contributed by atoms with Gasteiger partial charge in [-0.25, -0.2) is 4.98 Å². The van der Waals surface area contributed by atoms with Gasteiger partial charge in [-0.15, -0.1) is 11.3 Å². The van der Waals surface area contributed by atoms with Crippen molar-refractivity contribution >= 4 is 38.9 Å². The van der Waals surface area contributed by atoms with Crippen LogP contribution in [0.3, 0.4) is 0 Å². The third kappa shape index (κ3) is 2.77. The first-order valence-electron chi connectivity index (χ1n) is 7.74. The summed E-state index contributed by atoms with van der Waals surface area (Å²) in [5.41, 5.74) is 1.11. The van der Waals surface area contributed by atoms with Gasteiger partial charge in [0.2, 0.25) is 0 Å². The normalized spacial score (nSPS) is 22.5. The number of hydrogen-bond donors (Lipinski definition) is 1. The zero-order valence-corrected chi connectivity index (χ0v) is 13.6. The van der Waals surface area contributed by atoms with Crippen molar-refractivity contribution in [2.45, 2.75) is 44.2 Å². The van der Waals surface area contributed by atoms with Crippen LogP contribution >= 0.6 is 23.6 Å². The van der Waals surface area contributed by atoms with Gasteiger partial charge in [-0.2, -0.15) is 0 Å². The zero-order chi connectivity index (χ0) is 14.2. The lowest BCUT2D eigenvalue weighted by Crippen LogP contribution is -2.45. The van der Waals surface area contributed by atoms with Crippen molar-refractivity contribution in [3.05, 3.63) is 29.3 Å². The van der Waals surface area contributed by atoms with Gasteiger partial charge in [0, 0.05) is 12.6 Å². The van der Waals surface area contributed by atoms with Crippen LogP contribution in [0.5, 0.6) is 0 Å². The molecule has 0 bridgehead atoms. The van der Waals surface area contributed by atoms with Crippen molar-refractivity contribution in [3.8, 4) is 0 Å². The van der Waals surface area contributed by atoms with Crippen LogP contribution < -0.4 is 5.32 Å². The number of rotatable bonds is 2. The Morgan fingerprint density at radius 2 is 2.10 bits per heavy atom. The zero-order valence-electron chi connectivity index (χ0n) is 11.9. The summed E-state index contributed by atoms with van der Waals surface area (Å²) in [6, 6.07) is 9.38. The molecule has 2 aliphatic rings. The molecule has 1 N–H and O–H groups in total. The Kier molecular flexibility index (Phi) is 3.55.